The van der Waals surface area contributed by atoms with Crippen LogP contribution in [0.3, 0.4) is 0 Å². The highest BCUT2D eigenvalue weighted by Gasteiger charge is 2.05. The molecule has 1 heterocycles. The van der Waals surface area contributed by atoms with Gasteiger partial charge < -0.3 is 5.73 Å². The SMILES string of the molecule is NCc1nnnn1-c1ccc(F)cc1. The number of nitrogens with zero attached hydrogens (tertiary/aromatic N) is 4. The molecule has 1 aromatic carbocycles. The molecule has 2 N–H and O–H groups in total. The quantitative estimate of drug-likeness (QED) is 0.742. The lowest BCUT2D eigenvalue weighted by Gasteiger charge is -2.01. The first-order valence-electron chi connectivity index (χ1n) is 4.04. The molecule has 0 radical (unpaired) electrons. The van der Waals surface area contributed by atoms with Gasteiger partial charge in [0.2, 0.25) is 0 Å². The molecule has 2 aromatic rings. The van der Waals surface area contributed by atoms with Crippen LogP contribution >= 0.6 is 0 Å². The first-order chi connectivity index (χ1) is 6.81. The largest absolute Gasteiger partial charge is 0.324 e. The molecule has 5 nitrogen and oxygen atoms in total. The predicted octanol–water partition coefficient (Wildman–Crippen LogP) is 0.260. The van der Waals surface area contributed by atoms with E-state index in [4.69, 9.17) is 5.73 Å². The van der Waals surface area contributed by atoms with Gasteiger partial charge in [-0.1, -0.05) is 0 Å². The van der Waals surface area contributed by atoms with Crippen LogP contribution in [0.4, 0.5) is 4.39 Å². The summed E-state index contributed by atoms with van der Waals surface area (Å²) >= 11 is 0. The summed E-state index contributed by atoms with van der Waals surface area (Å²) in [5.41, 5.74) is 6.12. The fourth-order valence-electron chi connectivity index (χ4n) is 1.12. The molecule has 1 aromatic heterocycles. The van der Waals surface area contributed by atoms with Crippen molar-refractivity contribution >= 4 is 0 Å². The van der Waals surface area contributed by atoms with E-state index in [1.54, 1.807) is 12.1 Å². The number of hydrogen-bond acceptors (Lipinski definition) is 4. The number of aromatic nitrogens is 4. The average molecular weight is 193 g/mol. The summed E-state index contributed by atoms with van der Waals surface area (Å²) in [6, 6.07) is 5.87. The van der Waals surface area contributed by atoms with Crippen LogP contribution in [0.1, 0.15) is 5.82 Å². The van der Waals surface area contributed by atoms with E-state index in [9.17, 15) is 4.39 Å². The molecule has 0 unspecified atom stereocenters. The minimum Gasteiger partial charge on any atom is -0.324 e. The van der Waals surface area contributed by atoms with Gasteiger partial charge in [0.1, 0.15) is 5.82 Å². The molecule has 0 aliphatic heterocycles. The van der Waals surface area contributed by atoms with Crippen molar-refractivity contribution in [1.29, 1.82) is 0 Å². The van der Waals surface area contributed by atoms with Gasteiger partial charge in [0.15, 0.2) is 5.82 Å². The van der Waals surface area contributed by atoms with Crippen LogP contribution in [-0.2, 0) is 6.54 Å². The maximum absolute atomic E-state index is 12.6. The number of rotatable bonds is 2. The van der Waals surface area contributed by atoms with Crippen molar-refractivity contribution in [2.45, 2.75) is 6.54 Å². The zero-order valence-corrected chi connectivity index (χ0v) is 7.26. The van der Waals surface area contributed by atoms with Crippen LogP contribution in [-0.4, -0.2) is 20.2 Å². The second kappa shape index (κ2) is 3.51. The van der Waals surface area contributed by atoms with Gasteiger partial charge in [0.25, 0.3) is 0 Å². The molecule has 0 saturated heterocycles. The Bertz CT molecular complexity index is 422. The van der Waals surface area contributed by atoms with Crippen molar-refractivity contribution < 1.29 is 4.39 Å². The van der Waals surface area contributed by atoms with Gasteiger partial charge in [-0.2, -0.15) is 4.68 Å². The smallest absolute Gasteiger partial charge is 0.170 e. The highest BCUT2D eigenvalue weighted by molar-refractivity contribution is 5.30. The van der Waals surface area contributed by atoms with Crippen LogP contribution in [0, 0.1) is 5.82 Å². The average Bonchev–Trinajstić information content (AvgIpc) is 2.67. The Morgan fingerprint density at radius 3 is 2.64 bits per heavy atom. The Morgan fingerprint density at radius 1 is 1.29 bits per heavy atom. The van der Waals surface area contributed by atoms with Crippen molar-refractivity contribution in [3.8, 4) is 5.69 Å². The molecule has 0 aliphatic carbocycles. The van der Waals surface area contributed by atoms with E-state index in [-0.39, 0.29) is 12.4 Å². The van der Waals surface area contributed by atoms with Crippen LogP contribution in [0.5, 0.6) is 0 Å². The van der Waals surface area contributed by atoms with E-state index < -0.39 is 0 Å². The molecule has 72 valence electrons. The summed E-state index contributed by atoms with van der Waals surface area (Å²) in [7, 11) is 0. The van der Waals surface area contributed by atoms with Gasteiger partial charge in [-0.05, 0) is 34.7 Å². The van der Waals surface area contributed by atoms with Crippen LogP contribution < -0.4 is 5.73 Å². The molecule has 0 fully saturated rings. The van der Waals surface area contributed by atoms with E-state index in [0.717, 1.165) is 0 Å². The van der Waals surface area contributed by atoms with E-state index in [0.29, 0.717) is 11.5 Å². The number of nitrogens with two attached hydrogens (primary N) is 1. The lowest BCUT2D eigenvalue weighted by atomic mass is 10.3. The first-order valence-corrected chi connectivity index (χ1v) is 4.04. The summed E-state index contributed by atoms with van der Waals surface area (Å²) < 4.78 is 14.1. The molecule has 6 heteroatoms. The summed E-state index contributed by atoms with van der Waals surface area (Å²) in [4.78, 5) is 0. The molecular formula is C8H8FN5. The summed E-state index contributed by atoms with van der Waals surface area (Å²) in [6.45, 7) is 0.240. The second-order valence-corrected chi connectivity index (χ2v) is 2.69. The molecule has 0 atom stereocenters. The maximum atomic E-state index is 12.6. The van der Waals surface area contributed by atoms with E-state index in [1.165, 1.54) is 16.8 Å². The Kier molecular flexibility index (Phi) is 2.19. The third-order valence-electron chi connectivity index (χ3n) is 1.79. The minimum atomic E-state index is -0.295. The Morgan fingerprint density at radius 2 is 2.00 bits per heavy atom. The fourth-order valence-corrected chi connectivity index (χ4v) is 1.12. The van der Waals surface area contributed by atoms with Crippen LogP contribution in [0.15, 0.2) is 24.3 Å². The Hall–Kier alpha value is -1.82. The molecule has 0 bridgehead atoms. The maximum Gasteiger partial charge on any atom is 0.170 e. The van der Waals surface area contributed by atoms with Crippen molar-refractivity contribution in [2.75, 3.05) is 0 Å². The Balaban J connectivity index is 2.44. The number of tetrazole rings is 1. The highest BCUT2D eigenvalue weighted by atomic mass is 19.1. The lowest BCUT2D eigenvalue weighted by molar-refractivity contribution is 0.626. The second-order valence-electron chi connectivity index (χ2n) is 2.69. The molecule has 2 rings (SSSR count). The number of benzene rings is 1. The van der Waals surface area contributed by atoms with Crippen molar-refractivity contribution in [1.82, 2.24) is 20.2 Å². The zero-order valence-electron chi connectivity index (χ0n) is 7.26. The minimum absolute atomic E-state index is 0.240. The van der Waals surface area contributed by atoms with Crippen molar-refractivity contribution in [3.63, 3.8) is 0 Å². The van der Waals surface area contributed by atoms with Gasteiger partial charge in [-0.15, -0.1) is 5.10 Å². The van der Waals surface area contributed by atoms with Gasteiger partial charge in [0, 0.05) is 0 Å². The third-order valence-corrected chi connectivity index (χ3v) is 1.79. The highest BCUT2D eigenvalue weighted by Crippen LogP contribution is 2.08. The monoisotopic (exact) mass is 193 g/mol. The molecule has 0 amide bonds. The van der Waals surface area contributed by atoms with Gasteiger partial charge in [0.05, 0.1) is 12.2 Å². The number of hydrogen-bond donors (Lipinski definition) is 1. The zero-order chi connectivity index (χ0) is 9.97. The lowest BCUT2D eigenvalue weighted by Crippen LogP contribution is -2.07. The molecule has 14 heavy (non-hydrogen) atoms. The van der Waals surface area contributed by atoms with Crippen LogP contribution in [0.25, 0.3) is 5.69 Å². The van der Waals surface area contributed by atoms with Gasteiger partial charge in [-0.25, -0.2) is 4.39 Å². The molecule has 0 aliphatic rings. The molecular weight excluding hydrogens is 185 g/mol. The standard InChI is InChI=1S/C8H8FN5/c9-6-1-3-7(4-2-6)14-8(5-10)11-12-13-14/h1-4H,5,10H2. The summed E-state index contributed by atoms with van der Waals surface area (Å²) in [6.07, 6.45) is 0. The van der Waals surface area contributed by atoms with Crippen LogP contribution in [0.2, 0.25) is 0 Å². The van der Waals surface area contributed by atoms with Crippen molar-refractivity contribution in [2.24, 2.45) is 5.73 Å². The van der Waals surface area contributed by atoms with Gasteiger partial charge in [-0.3, -0.25) is 0 Å². The molecule has 0 saturated carbocycles. The summed E-state index contributed by atoms with van der Waals surface area (Å²) in [5, 5.41) is 10.9. The van der Waals surface area contributed by atoms with Crippen molar-refractivity contribution in [3.05, 3.63) is 35.9 Å². The van der Waals surface area contributed by atoms with E-state index in [1.807, 2.05) is 0 Å². The first kappa shape index (κ1) is 8.76. The summed E-state index contributed by atoms with van der Waals surface area (Å²) in [5.74, 6) is 0.243. The van der Waals surface area contributed by atoms with Gasteiger partial charge >= 0.3 is 0 Å². The molecule has 0 spiro atoms. The topological polar surface area (TPSA) is 69.6 Å². The predicted molar refractivity (Wildman–Crippen MR) is 47.0 cm³/mol. The fraction of sp³-hybridized carbons (Fsp3) is 0.125. The third kappa shape index (κ3) is 1.47. The Labute approximate surface area is 79.3 Å². The number of halogens is 1. The normalized spacial score (nSPS) is 10.4. The van der Waals surface area contributed by atoms with E-state index >= 15 is 0 Å². The van der Waals surface area contributed by atoms with E-state index in [2.05, 4.69) is 15.5 Å².